The molecule has 0 spiro atoms. The van der Waals surface area contributed by atoms with Crippen LogP contribution in [0.15, 0.2) is 18.2 Å². The maximum atomic E-state index is 13.0. The first-order valence-electron chi connectivity index (χ1n) is 5.79. The highest BCUT2D eigenvalue weighted by Crippen LogP contribution is 2.21. The molecule has 17 heavy (non-hydrogen) atoms. The van der Waals surface area contributed by atoms with E-state index in [4.69, 9.17) is 5.73 Å². The van der Waals surface area contributed by atoms with Crippen molar-refractivity contribution in [3.05, 3.63) is 35.4 Å². The van der Waals surface area contributed by atoms with Gasteiger partial charge in [-0.05, 0) is 36.5 Å². The van der Waals surface area contributed by atoms with E-state index in [0.29, 0.717) is 17.9 Å². The van der Waals surface area contributed by atoms with E-state index in [1.807, 2.05) is 13.8 Å². The third-order valence-corrected chi connectivity index (χ3v) is 2.72. The first kappa shape index (κ1) is 14.1. The molecule has 0 heterocycles. The van der Waals surface area contributed by atoms with Gasteiger partial charge in [0.1, 0.15) is 11.6 Å². The molecule has 1 rings (SSSR count). The van der Waals surface area contributed by atoms with Crippen LogP contribution in [0.25, 0.3) is 0 Å². The Bertz CT molecular complexity index is 348. The van der Waals surface area contributed by atoms with Crippen LogP contribution < -0.4 is 5.73 Å². The molecule has 0 saturated carbocycles. The van der Waals surface area contributed by atoms with E-state index >= 15 is 0 Å². The lowest BCUT2D eigenvalue weighted by Crippen LogP contribution is -2.26. The quantitative estimate of drug-likeness (QED) is 0.835. The van der Waals surface area contributed by atoms with Crippen molar-refractivity contribution in [2.45, 2.75) is 38.8 Å². The Morgan fingerprint density at radius 2 is 1.65 bits per heavy atom. The van der Waals surface area contributed by atoms with Crippen LogP contribution in [0.1, 0.15) is 38.3 Å². The Labute approximate surface area is 100 Å². The van der Waals surface area contributed by atoms with Crippen molar-refractivity contribution in [2.75, 3.05) is 0 Å². The molecule has 0 aliphatic carbocycles. The average Bonchev–Trinajstić information content (AvgIpc) is 2.23. The van der Waals surface area contributed by atoms with Gasteiger partial charge in [0.15, 0.2) is 0 Å². The topological polar surface area (TPSA) is 46.2 Å². The molecule has 0 aliphatic heterocycles. The molecule has 96 valence electrons. The summed E-state index contributed by atoms with van der Waals surface area (Å²) in [4.78, 5) is 0. The predicted molar refractivity (Wildman–Crippen MR) is 63.4 cm³/mol. The minimum absolute atomic E-state index is 0.291. The van der Waals surface area contributed by atoms with Crippen LogP contribution in [-0.2, 0) is 0 Å². The first-order chi connectivity index (χ1) is 7.90. The molecule has 0 amide bonds. The molecule has 2 nitrogen and oxygen atoms in total. The highest BCUT2D eigenvalue weighted by atomic mass is 19.1. The molecule has 0 unspecified atom stereocenters. The van der Waals surface area contributed by atoms with Crippen molar-refractivity contribution in [2.24, 2.45) is 11.7 Å². The van der Waals surface area contributed by atoms with Crippen LogP contribution in [0, 0.1) is 17.6 Å². The molecular formula is C13H19F2NO. The Morgan fingerprint density at radius 1 is 1.12 bits per heavy atom. The molecule has 2 atom stereocenters. The summed E-state index contributed by atoms with van der Waals surface area (Å²) in [6.45, 7) is 4.08. The second-order valence-electron chi connectivity index (χ2n) is 4.77. The molecule has 4 heteroatoms. The summed E-state index contributed by atoms with van der Waals surface area (Å²) in [5.41, 5.74) is 6.07. The van der Waals surface area contributed by atoms with Crippen LogP contribution in [0.2, 0.25) is 0 Å². The lowest BCUT2D eigenvalue weighted by Gasteiger charge is -2.20. The molecule has 0 aromatic heterocycles. The van der Waals surface area contributed by atoms with Gasteiger partial charge in [-0.25, -0.2) is 8.78 Å². The van der Waals surface area contributed by atoms with Gasteiger partial charge in [-0.1, -0.05) is 13.8 Å². The zero-order chi connectivity index (χ0) is 13.0. The molecular weight excluding hydrogens is 224 g/mol. The zero-order valence-electron chi connectivity index (χ0n) is 10.2. The molecule has 0 radical (unpaired) electrons. The summed E-state index contributed by atoms with van der Waals surface area (Å²) in [6.07, 6.45) is 0.572. The fourth-order valence-electron chi connectivity index (χ4n) is 1.67. The van der Waals surface area contributed by atoms with E-state index < -0.39 is 23.8 Å². The molecule has 0 aliphatic rings. The lowest BCUT2D eigenvalue weighted by atomic mass is 9.96. The number of aliphatic hydroxyl groups is 1. The van der Waals surface area contributed by atoms with Crippen LogP contribution in [-0.4, -0.2) is 11.2 Å². The van der Waals surface area contributed by atoms with Gasteiger partial charge in [0, 0.05) is 6.07 Å². The third kappa shape index (κ3) is 4.40. The maximum Gasteiger partial charge on any atom is 0.126 e. The smallest absolute Gasteiger partial charge is 0.126 e. The van der Waals surface area contributed by atoms with E-state index in [1.54, 1.807) is 0 Å². The van der Waals surface area contributed by atoms with Gasteiger partial charge in [-0.15, -0.1) is 0 Å². The highest BCUT2D eigenvalue weighted by Gasteiger charge is 2.18. The number of hydrogen-bond donors (Lipinski definition) is 2. The lowest BCUT2D eigenvalue weighted by molar-refractivity contribution is 0.128. The summed E-state index contributed by atoms with van der Waals surface area (Å²) >= 11 is 0. The summed E-state index contributed by atoms with van der Waals surface area (Å²) in [7, 11) is 0. The van der Waals surface area contributed by atoms with E-state index in [1.165, 1.54) is 0 Å². The van der Waals surface area contributed by atoms with Crippen LogP contribution in [0.3, 0.4) is 0 Å². The van der Waals surface area contributed by atoms with Gasteiger partial charge in [-0.3, -0.25) is 0 Å². The van der Waals surface area contributed by atoms with Gasteiger partial charge in [0.25, 0.3) is 0 Å². The van der Waals surface area contributed by atoms with E-state index in [-0.39, 0.29) is 0 Å². The Hall–Kier alpha value is -1.00. The SMILES string of the molecule is CC(C)CC[C@H](O)[C@H](N)c1cc(F)cc(F)c1. The van der Waals surface area contributed by atoms with Gasteiger partial charge < -0.3 is 10.8 Å². The molecule has 1 aromatic carbocycles. The Kier molecular flexibility index (Phi) is 5.02. The first-order valence-corrected chi connectivity index (χ1v) is 5.79. The third-order valence-electron chi connectivity index (χ3n) is 2.72. The normalized spacial score (nSPS) is 15.0. The molecule has 0 saturated heterocycles. The molecule has 1 aromatic rings. The minimum atomic E-state index is -0.779. The summed E-state index contributed by atoms with van der Waals surface area (Å²) in [5.74, 6) is -0.890. The monoisotopic (exact) mass is 243 g/mol. The molecule has 3 N–H and O–H groups in total. The Balaban J connectivity index is 2.70. The van der Waals surface area contributed by atoms with Crippen molar-refractivity contribution in [3.8, 4) is 0 Å². The zero-order valence-corrected chi connectivity index (χ0v) is 10.2. The van der Waals surface area contributed by atoms with Crippen LogP contribution >= 0.6 is 0 Å². The standard InChI is InChI=1S/C13H19F2NO/c1-8(2)3-4-12(17)13(16)9-5-10(14)7-11(15)6-9/h5-8,12-13,17H,3-4,16H2,1-2H3/t12-,13+/m0/s1. The van der Waals surface area contributed by atoms with E-state index in [0.717, 1.165) is 24.6 Å². The summed E-state index contributed by atoms with van der Waals surface area (Å²) in [5, 5.41) is 9.83. The number of aliphatic hydroxyl groups excluding tert-OH is 1. The van der Waals surface area contributed by atoms with Crippen molar-refractivity contribution >= 4 is 0 Å². The van der Waals surface area contributed by atoms with Crippen LogP contribution in [0.4, 0.5) is 8.78 Å². The number of nitrogens with two attached hydrogens (primary N) is 1. The number of benzene rings is 1. The van der Waals surface area contributed by atoms with Crippen molar-refractivity contribution in [1.82, 2.24) is 0 Å². The number of halogens is 2. The van der Waals surface area contributed by atoms with Crippen LogP contribution in [0.5, 0.6) is 0 Å². The fraction of sp³-hybridized carbons (Fsp3) is 0.538. The van der Waals surface area contributed by atoms with Gasteiger partial charge in [0.2, 0.25) is 0 Å². The van der Waals surface area contributed by atoms with Crippen molar-refractivity contribution in [3.63, 3.8) is 0 Å². The summed E-state index contributed by atoms with van der Waals surface area (Å²) < 4.78 is 26.0. The molecule has 0 bridgehead atoms. The molecule has 0 fully saturated rings. The van der Waals surface area contributed by atoms with E-state index in [2.05, 4.69) is 0 Å². The fourth-order valence-corrected chi connectivity index (χ4v) is 1.67. The van der Waals surface area contributed by atoms with Gasteiger partial charge in [0.05, 0.1) is 12.1 Å². The summed E-state index contributed by atoms with van der Waals surface area (Å²) in [6, 6.07) is 2.36. The largest absolute Gasteiger partial charge is 0.391 e. The van der Waals surface area contributed by atoms with Crippen molar-refractivity contribution in [1.29, 1.82) is 0 Å². The van der Waals surface area contributed by atoms with E-state index in [9.17, 15) is 13.9 Å². The highest BCUT2D eigenvalue weighted by molar-refractivity contribution is 5.22. The Morgan fingerprint density at radius 3 is 2.12 bits per heavy atom. The average molecular weight is 243 g/mol. The van der Waals surface area contributed by atoms with Gasteiger partial charge >= 0.3 is 0 Å². The maximum absolute atomic E-state index is 13.0. The number of rotatable bonds is 5. The number of hydrogen-bond acceptors (Lipinski definition) is 2. The van der Waals surface area contributed by atoms with Gasteiger partial charge in [-0.2, -0.15) is 0 Å². The minimum Gasteiger partial charge on any atom is -0.391 e. The van der Waals surface area contributed by atoms with Crippen molar-refractivity contribution < 1.29 is 13.9 Å². The predicted octanol–water partition coefficient (Wildman–Crippen LogP) is 2.76. The second kappa shape index (κ2) is 6.07. The second-order valence-corrected chi connectivity index (χ2v) is 4.77.